The van der Waals surface area contributed by atoms with Crippen LogP contribution in [0.2, 0.25) is 0 Å². The van der Waals surface area contributed by atoms with Gasteiger partial charge in [0.2, 0.25) is 17.7 Å². The number of carbonyl (C=O) groups excluding carboxylic acids is 3. The van der Waals surface area contributed by atoms with Gasteiger partial charge in [-0.05, 0) is 66.3 Å². The highest BCUT2D eigenvalue weighted by atomic mass is 32.2. The van der Waals surface area contributed by atoms with Crippen LogP contribution in [0.4, 0.5) is 0 Å². The summed E-state index contributed by atoms with van der Waals surface area (Å²) in [5.74, 6) is -0.456. The SMILES string of the molecule is CCCC[C@H](NC(=O)[C@@H](CSc1ncccn1)Cc1cccc2ccccc12)C(=O)N[C@@H](CC(C)C)[C@@H](O)CC(CC)C(=O)NCC(C)C. The predicted octanol–water partition coefficient (Wildman–Crippen LogP) is 6.34. The first-order chi connectivity index (χ1) is 23.5. The number of unbranched alkanes of at least 4 members (excludes halogenated alkanes) is 1. The maximum absolute atomic E-state index is 14.1. The van der Waals surface area contributed by atoms with E-state index in [0.29, 0.717) is 49.1 Å². The molecule has 0 aliphatic carbocycles. The molecule has 9 nitrogen and oxygen atoms in total. The summed E-state index contributed by atoms with van der Waals surface area (Å²) in [7, 11) is 0. The zero-order valence-electron chi connectivity index (χ0n) is 30.2. The molecule has 0 spiro atoms. The molecule has 0 fully saturated rings. The van der Waals surface area contributed by atoms with Crippen molar-refractivity contribution in [3.63, 3.8) is 0 Å². The molecule has 3 amide bonds. The van der Waals surface area contributed by atoms with Gasteiger partial charge in [0, 0.05) is 30.6 Å². The van der Waals surface area contributed by atoms with Gasteiger partial charge in [-0.15, -0.1) is 0 Å². The van der Waals surface area contributed by atoms with E-state index in [-0.39, 0.29) is 36.0 Å². The summed E-state index contributed by atoms with van der Waals surface area (Å²) in [5.41, 5.74) is 1.06. The number of aliphatic hydroxyl groups is 1. The number of hydrogen-bond donors (Lipinski definition) is 4. The molecule has 0 bridgehead atoms. The Morgan fingerprint density at radius 1 is 0.816 bits per heavy atom. The number of benzene rings is 2. The van der Waals surface area contributed by atoms with Gasteiger partial charge in [-0.2, -0.15) is 0 Å². The van der Waals surface area contributed by atoms with Gasteiger partial charge in [-0.25, -0.2) is 9.97 Å². The van der Waals surface area contributed by atoms with E-state index in [9.17, 15) is 19.5 Å². The summed E-state index contributed by atoms with van der Waals surface area (Å²) in [4.78, 5) is 49.6. The van der Waals surface area contributed by atoms with Crippen LogP contribution in [0.25, 0.3) is 10.8 Å². The van der Waals surface area contributed by atoms with Gasteiger partial charge in [-0.3, -0.25) is 14.4 Å². The Labute approximate surface area is 297 Å². The minimum Gasteiger partial charge on any atom is -0.391 e. The van der Waals surface area contributed by atoms with E-state index in [1.165, 1.54) is 11.8 Å². The standard InChI is InChI=1S/C39H57N5O4S/c1-7-9-18-33(38(48)44-34(21-26(3)4)35(45)23-28(8-2)36(46)42-24-27(5)6)43-37(47)31(25-49-39-40-19-13-20-41-39)22-30-16-12-15-29-14-10-11-17-32(29)30/h10-17,19-20,26-28,31,33-35,45H,7-9,18,21-25H2,1-6H3,(H,42,46)(H,43,47)(H,44,48)/t28?,31-,33+,34+,35+/m1/s1. The summed E-state index contributed by atoms with van der Waals surface area (Å²) in [6.45, 7) is 12.7. The molecule has 1 heterocycles. The zero-order chi connectivity index (χ0) is 35.8. The van der Waals surface area contributed by atoms with Crippen molar-refractivity contribution >= 4 is 40.3 Å². The van der Waals surface area contributed by atoms with Gasteiger partial charge < -0.3 is 21.1 Å². The van der Waals surface area contributed by atoms with E-state index in [2.05, 4.69) is 57.1 Å². The first-order valence-corrected chi connectivity index (χ1v) is 18.9. The number of aliphatic hydroxyl groups excluding tert-OH is 1. The highest BCUT2D eigenvalue weighted by Gasteiger charge is 2.32. The Bertz CT molecular complexity index is 1450. The summed E-state index contributed by atoms with van der Waals surface area (Å²) in [6, 6.07) is 14.7. The Morgan fingerprint density at radius 3 is 2.20 bits per heavy atom. The smallest absolute Gasteiger partial charge is 0.242 e. The number of nitrogens with one attached hydrogen (secondary N) is 3. The highest BCUT2D eigenvalue weighted by molar-refractivity contribution is 7.99. The van der Waals surface area contributed by atoms with Crippen molar-refractivity contribution in [1.82, 2.24) is 25.9 Å². The summed E-state index contributed by atoms with van der Waals surface area (Å²) < 4.78 is 0. The molecule has 49 heavy (non-hydrogen) atoms. The first-order valence-electron chi connectivity index (χ1n) is 17.9. The van der Waals surface area contributed by atoms with Crippen molar-refractivity contribution in [2.45, 2.75) is 110 Å². The van der Waals surface area contributed by atoms with E-state index in [1.807, 2.05) is 52.8 Å². The fourth-order valence-electron chi connectivity index (χ4n) is 5.93. The maximum atomic E-state index is 14.1. The summed E-state index contributed by atoms with van der Waals surface area (Å²) in [5, 5.41) is 23.4. The van der Waals surface area contributed by atoms with Crippen molar-refractivity contribution in [3.8, 4) is 0 Å². The average molecular weight is 692 g/mol. The number of nitrogens with zero attached hydrogens (tertiary/aromatic N) is 2. The van der Waals surface area contributed by atoms with Crippen molar-refractivity contribution in [2.75, 3.05) is 12.3 Å². The molecule has 3 rings (SSSR count). The first kappa shape index (κ1) is 39.9. The molecule has 0 aliphatic rings. The second-order valence-corrected chi connectivity index (χ2v) is 14.9. The van der Waals surface area contributed by atoms with Crippen LogP contribution in [0.5, 0.6) is 0 Å². The number of thioether (sulfide) groups is 1. The number of amides is 3. The van der Waals surface area contributed by atoms with Crippen LogP contribution >= 0.6 is 11.8 Å². The molecule has 3 aromatic rings. The average Bonchev–Trinajstić information content (AvgIpc) is 3.09. The molecule has 4 N–H and O–H groups in total. The summed E-state index contributed by atoms with van der Waals surface area (Å²) >= 11 is 1.42. The normalized spacial score (nSPS) is 14.6. The molecule has 1 unspecified atom stereocenters. The molecule has 2 aromatic carbocycles. The molecule has 10 heteroatoms. The summed E-state index contributed by atoms with van der Waals surface area (Å²) in [6.07, 6.45) is 6.41. The van der Waals surface area contributed by atoms with Gasteiger partial charge in [0.1, 0.15) is 6.04 Å². The molecular weight excluding hydrogens is 635 g/mol. The van der Waals surface area contributed by atoms with Gasteiger partial charge in [0.25, 0.3) is 0 Å². The van der Waals surface area contributed by atoms with Crippen LogP contribution in [0, 0.1) is 23.7 Å². The molecule has 268 valence electrons. The van der Waals surface area contributed by atoms with Crippen molar-refractivity contribution in [1.29, 1.82) is 0 Å². The van der Waals surface area contributed by atoms with Crippen LogP contribution in [0.15, 0.2) is 66.1 Å². The number of rotatable bonds is 21. The van der Waals surface area contributed by atoms with E-state index in [0.717, 1.165) is 29.2 Å². The van der Waals surface area contributed by atoms with E-state index in [4.69, 9.17) is 0 Å². The molecule has 0 saturated carbocycles. The lowest BCUT2D eigenvalue weighted by Gasteiger charge is -2.30. The third-order valence-corrected chi connectivity index (χ3v) is 9.78. The number of fused-ring (bicyclic) bond motifs is 1. The van der Waals surface area contributed by atoms with Crippen LogP contribution in [0.1, 0.15) is 85.6 Å². The Kier molecular flexibility index (Phi) is 17.0. The van der Waals surface area contributed by atoms with Crippen LogP contribution < -0.4 is 16.0 Å². The number of carbonyl (C=O) groups is 3. The second kappa shape index (κ2) is 20.9. The quantitative estimate of drug-likeness (QED) is 0.0758. The maximum Gasteiger partial charge on any atom is 0.242 e. The Morgan fingerprint density at radius 2 is 1.53 bits per heavy atom. The lowest BCUT2D eigenvalue weighted by Crippen LogP contribution is -2.54. The number of hydrogen-bond acceptors (Lipinski definition) is 7. The minimum atomic E-state index is -0.912. The Balaban J connectivity index is 1.80. The van der Waals surface area contributed by atoms with Gasteiger partial charge in [0.05, 0.1) is 18.1 Å². The largest absolute Gasteiger partial charge is 0.391 e. The topological polar surface area (TPSA) is 133 Å². The van der Waals surface area contributed by atoms with Crippen LogP contribution in [-0.2, 0) is 20.8 Å². The predicted molar refractivity (Wildman–Crippen MR) is 199 cm³/mol. The third kappa shape index (κ3) is 13.4. The van der Waals surface area contributed by atoms with Crippen LogP contribution in [-0.4, -0.2) is 63.3 Å². The van der Waals surface area contributed by atoms with Crippen molar-refractivity contribution in [2.24, 2.45) is 23.7 Å². The van der Waals surface area contributed by atoms with Gasteiger partial charge in [-0.1, -0.05) is 109 Å². The number of aromatic nitrogens is 2. The molecule has 1 aromatic heterocycles. The van der Waals surface area contributed by atoms with E-state index >= 15 is 0 Å². The molecular formula is C39H57N5O4S. The molecule has 0 saturated heterocycles. The minimum absolute atomic E-state index is 0.0750. The second-order valence-electron chi connectivity index (χ2n) is 13.9. The highest BCUT2D eigenvalue weighted by Crippen LogP contribution is 2.25. The molecule has 5 atom stereocenters. The fourth-order valence-corrected chi connectivity index (χ4v) is 6.82. The lowest BCUT2D eigenvalue weighted by molar-refractivity contribution is -0.132. The lowest BCUT2D eigenvalue weighted by atomic mass is 9.90. The van der Waals surface area contributed by atoms with Crippen LogP contribution in [0.3, 0.4) is 0 Å². The Hall–Kier alpha value is -3.50. The monoisotopic (exact) mass is 691 g/mol. The molecule has 0 radical (unpaired) electrons. The fraction of sp³-hybridized carbons (Fsp3) is 0.564. The third-order valence-electron chi connectivity index (χ3n) is 8.74. The van der Waals surface area contributed by atoms with E-state index < -0.39 is 24.1 Å². The molecule has 0 aliphatic heterocycles. The van der Waals surface area contributed by atoms with Crippen molar-refractivity contribution in [3.05, 3.63) is 66.5 Å². The van der Waals surface area contributed by atoms with Gasteiger partial charge >= 0.3 is 0 Å². The van der Waals surface area contributed by atoms with Gasteiger partial charge in [0.15, 0.2) is 5.16 Å². The van der Waals surface area contributed by atoms with E-state index in [1.54, 1.807) is 18.5 Å². The zero-order valence-corrected chi connectivity index (χ0v) is 31.0. The van der Waals surface area contributed by atoms with Crippen molar-refractivity contribution < 1.29 is 19.5 Å².